The molecule has 8 heteroatoms. The van der Waals surface area contributed by atoms with Crippen molar-refractivity contribution in [3.63, 3.8) is 0 Å². The Bertz CT molecular complexity index is 860. The van der Waals surface area contributed by atoms with Gasteiger partial charge in [-0.2, -0.15) is 0 Å². The van der Waals surface area contributed by atoms with Crippen molar-refractivity contribution in [1.82, 2.24) is 0 Å². The topological polar surface area (TPSA) is 116 Å². The molecular weight excluding hydrogens is 332 g/mol. The zero-order chi connectivity index (χ0) is 17.7. The Morgan fingerprint density at radius 3 is 2.29 bits per heavy atom. The van der Waals surface area contributed by atoms with E-state index >= 15 is 0 Å². The first-order chi connectivity index (χ1) is 11.3. The molecule has 2 aromatic rings. The van der Waals surface area contributed by atoms with Crippen molar-refractivity contribution >= 4 is 27.3 Å². The monoisotopic (exact) mass is 348 g/mol. The van der Waals surface area contributed by atoms with E-state index in [1.54, 1.807) is 12.1 Å². The molecule has 0 aliphatic rings. The summed E-state index contributed by atoms with van der Waals surface area (Å²) in [6.07, 6.45) is 1.06. The standard InChI is InChI=1S/C16H16N2O5S/c1-24(21,22)14-5-3-2-4-13(14)18-15(19)10-23-12-8-6-11(7-9-12)16(17)20/h2-9H,10H2,1H3,(H2,17,20)(H,18,19). The van der Waals surface area contributed by atoms with Crippen molar-refractivity contribution in [3.8, 4) is 5.75 Å². The van der Waals surface area contributed by atoms with E-state index < -0.39 is 21.7 Å². The zero-order valence-corrected chi connectivity index (χ0v) is 13.7. The molecule has 2 amide bonds. The molecule has 0 radical (unpaired) electrons. The molecule has 24 heavy (non-hydrogen) atoms. The van der Waals surface area contributed by atoms with Crippen LogP contribution in [0.4, 0.5) is 5.69 Å². The number of sulfone groups is 1. The van der Waals surface area contributed by atoms with Gasteiger partial charge in [-0.25, -0.2) is 8.42 Å². The Morgan fingerprint density at radius 1 is 1.08 bits per heavy atom. The van der Waals surface area contributed by atoms with Gasteiger partial charge in [0.05, 0.1) is 10.6 Å². The molecule has 0 unspecified atom stereocenters. The maximum absolute atomic E-state index is 11.9. The van der Waals surface area contributed by atoms with Gasteiger partial charge in [0.15, 0.2) is 16.4 Å². The van der Waals surface area contributed by atoms with Crippen molar-refractivity contribution in [2.75, 3.05) is 18.2 Å². The summed E-state index contributed by atoms with van der Waals surface area (Å²) in [6, 6.07) is 12.1. The number of primary amides is 1. The summed E-state index contributed by atoms with van der Waals surface area (Å²) in [4.78, 5) is 22.9. The molecule has 7 nitrogen and oxygen atoms in total. The van der Waals surface area contributed by atoms with Crippen LogP contribution in [-0.4, -0.2) is 33.1 Å². The molecule has 2 rings (SSSR count). The number of amides is 2. The normalized spacial score (nSPS) is 10.9. The third-order valence-corrected chi connectivity index (χ3v) is 4.22. The van der Waals surface area contributed by atoms with Gasteiger partial charge in [-0.1, -0.05) is 12.1 Å². The molecule has 0 aromatic heterocycles. The highest BCUT2D eigenvalue weighted by molar-refractivity contribution is 7.90. The summed E-state index contributed by atoms with van der Waals surface area (Å²) in [5.41, 5.74) is 5.65. The summed E-state index contributed by atoms with van der Waals surface area (Å²) in [5.74, 6) is -0.687. The molecule has 126 valence electrons. The van der Waals surface area contributed by atoms with Gasteiger partial charge in [0.1, 0.15) is 5.75 Å². The first-order valence-electron chi connectivity index (χ1n) is 6.89. The van der Waals surface area contributed by atoms with Crippen molar-refractivity contribution in [3.05, 3.63) is 54.1 Å². The number of carbonyl (C=O) groups excluding carboxylic acids is 2. The van der Waals surface area contributed by atoms with Crippen LogP contribution in [0.5, 0.6) is 5.75 Å². The minimum absolute atomic E-state index is 0.0316. The van der Waals surface area contributed by atoms with Gasteiger partial charge in [0.25, 0.3) is 5.91 Å². The van der Waals surface area contributed by atoms with Crippen LogP contribution in [0.2, 0.25) is 0 Å². The third-order valence-electron chi connectivity index (χ3n) is 3.07. The number of benzene rings is 2. The quantitative estimate of drug-likeness (QED) is 0.814. The van der Waals surface area contributed by atoms with Crippen LogP contribution in [0, 0.1) is 0 Å². The smallest absolute Gasteiger partial charge is 0.262 e. The number of hydrogen-bond acceptors (Lipinski definition) is 5. The molecule has 0 heterocycles. The second kappa shape index (κ2) is 7.14. The van der Waals surface area contributed by atoms with Crippen molar-refractivity contribution in [1.29, 1.82) is 0 Å². The molecule has 0 atom stereocenters. The van der Waals surface area contributed by atoms with Gasteiger partial charge in [-0.3, -0.25) is 9.59 Å². The molecule has 0 aliphatic heterocycles. The van der Waals surface area contributed by atoms with Crippen molar-refractivity contribution in [2.24, 2.45) is 5.73 Å². The Morgan fingerprint density at radius 2 is 1.71 bits per heavy atom. The maximum atomic E-state index is 11.9. The summed E-state index contributed by atoms with van der Waals surface area (Å²) in [7, 11) is -3.46. The Balaban J connectivity index is 2.01. The highest BCUT2D eigenvalue weighted by atomic mass is 32.2. The minimum atomic E-state index is -3.46. The van der Waals surface area contributed by atoms with Crippen LogP contribution in [0.3, 0.4) is 0 Å². The summed E-state index contributed by atoms with van der Waals surface area (Å²) in [5, 5.41) is 2.50. The number of rotatable bonds is 6. The molecule has 0 aliphatic carbocycles. The SMILES string of the molecule is CS(=O)(=O)c1ccccc1NC(=O)COc1ccc(C(N)=O)cc1. The molecule has 0 saturated heterocycles. The Labute approximate surface area is 139 Å². The number of nitrogens with two attached hydrogens (primary N) is 1. The van der Waals surface area contributed by atoms with E-state index in [1.807, 2.05) is 0 Å². The van der Waals surface area contributed by atoms with Crippen molar-refractivity contribution in [2.45, 2.75) is 4.90 Å². The molecule has 0 saturated carbocycles. The van der Waals surface area contributed by atoms with Crippen LogP contribution in [0.15, 0.2) is 53.4 Å². The molecule has 0 bridgehead atoms. The molecule has 3 N–H and O–H groups in total. The number of carbonyl (C=O) groups is 2. The lowest BCUT2D eigenvalue weighted by molar-refractivity contribution is -0.118. The lowest BCUT2D eigenvalue weighted by Crippen LogP contribution is -2.21. The second-order valence-corrected chi connectivity index (χ2v) is 6.98. The van der Waals surface area contributed by atoms with E-state index in [4.69, 9.17) is 10.5 Å². The van der Waals surface area contributed by atoms with Crippen LogP contribution >= 0.6 is 0 Å². The molecular formula is C16H16N2O5S. The van der Waals surface area contributed by atoms with Crippen molar-refractivity contribution < 1.29 is 22.7 Å². The maximum Gasteiger partial charge on any atom is 0.262 e. The van der Waals surface area contributed by atoms with Gasteiger partial charge in [0.2, 0.25) is 5.91 Å². The first-order valence-corrected chi connectivity index (χ1v) is 8.78. The van der Waals surface area contributed by atoms with Gasteiger partial charge in [0, 0.05) is 11.8 Å². The van der Waals surface area contributed by atoms with E-state index in [0.29, 0.717) is 11.3 Å². The van der Waals surface area contributed by atoms with Crippen LogP contribution in [0.1, 0.15) is 10.4 Å². The number of para-hydroxylation sites is 1. The Hall–Kier alpha value is -2.87. The fourth-order valence-electron chi connectivity index (χ4n) is 1.94. The predicted octanol–water partition coefficient (Wildman–Crippen LogP) is 1.21. The highest BCUT2D eigenvalue weighted by Gasteiger charge is 2.14. The van der Waals surface area contributed by atoms with E-state index in [9.17, 15) is 18.0 Å². The fraction of sp³-hybridized carbons (Fsp3) is 0.125. The number of nitrogens with one attached hydrogen (secondary N) is 1. The van der Waals surface area contributed by atoms with Crippen LogP contribution in [-0.2, 0) is 14.6 Å². The Kier molecular flexibility index (Phi) is 5.20. The van der Waals surface area contributed by atoms with Gasteiger partial charge >= 0.3 is 0 Å². The van der Waals surface area contributed by atoms with Crippen LogP contribution in [0.25, 0.3) is 0 Å². The summed E-state index contributed by atoms with van der Waals surface area (Å²) >= 11 is 0. The average Bonchev–Trinajstić information content (AvgIpc) is 2.53. The van der Waals surface area contributed by atoms with Gasteiger partial charge < -0.3 is 15.8 Å². The first kappa shape index (κ1) is 17.5. The third kappa shape index (κ3) is 4.56. The number of ether oxygens (including phenoxy) is 1. The lowest BCUT2D eigenvalue weighted by atomic mass is 10.2. The van der Waals surface area contributed by atoms with E-state index in [2.05, 4.69) is 5.32 Å². The minimum Gasteiger partial charge on any atom is -0.484 e. The summed E-state index contributed by atoms with van der Waals surface area (Å²) < 4.78 is 28.6. The lowest BCUT2D eigenvalue weighted by Gasteiger charge is -2.10. The predicted molar refractivity (Wildman–Crippen MR) is 88.6 cm³/mol. The highest BCUT2D eigenvalue weighted by Crippen LogP contribution is 2.20. The molecule has 2 aromatic carbocycles. The van der Waals surface area contributed by atoms with E-state index in [0.717, 1.165) is 6.26 Å². The molecule has 0 fully saturated rings. The largest absolute Gasteiger partial charge is 0.484 e. The fourth-order valence-corrected chi connectivity index (χ4v) is 2.79. The summed E-state index contributed by atoms with van der Waals surface area (Å²) in [6.45, 7) is -0.311. The second-order valence-electron chi connectivity index (χ2n) is 4.99. The van der Waals surface area contributed by atoms with Gasteiger partial charge in [-0.05, 0) is 36.4 Å². The van der Waals surface area contributed by atoms with Gasteiger partial charge in [-0.15, -0.1) is 0 Å². The number of hydrogen-bond donors (Lipinski definition) is 2. The average molecular weight is 348 g/mol. The molecule has 0 spiro atoms. The van der Waals surface area contributed by atoms with E-state index in [1.165, 1.54) is 36.4 Å². The van der Waals surface area contributed by atoms with Crippen LogP contribution < -0.4 is 15.8 Å². The van der Waals surface area contributed by atoms with E-state index in [-0.39, 0.29) is 17.2 Å². The number of anilines is 1. The zero-order valence-electron chi connectivity index (χ0n) is 12.9.